The van der Waals surface area contributed by atoms with E-state index in [1.54, 1.807) is 20.4 Å². The second-order valence-electron chi connectivity index (χ2n) is 6.12. The van der Waals surface area contributed by atoms with E-state index in [-0.39, 0.29) is 24.0 Å². The summed E-state index contributed by atoms with van der Waals surface area (Å²) in [5.41, 5.74) is 2.15. The zero-order valence-electron chi connectivity index (χ0n) is 17.2. The molecule has 0 aliphatic rings. The highest BCUT2D eigenvalue weighted by molar-refractivity contribution is 14.0. The zero-order chi connectivity index (χ0) is 19.6. The van der Waals surface area contributed by atoms with Gasteiger partial charge in [0.1, 0.15) is 5.82 Å². The minimum absolute atomic E-state index is 0. The van der Waals surface area contributed by atoms with Crippen LogP contribution < -0.4 is 25.0 Å². The smallest absolute Gasteiger partial charge is 0.191 e. The molecule has 1 aromatic carbocycles. The van der Waals surface area contributed by atoms with Gasteiger partial charge in [-0.1, -0.05) is 12.1 Å². The number of hydrogen-bond acceptors (Lipinski definition) is 5. The molecule has 0 fully saturated rings. The van der Waals surface area contributed by atoms with E-state index in [1.165, 1.54) is 0 Å². The van der Waals surface area contributed by atoms with Gasteiger partial charge in [-0.25, -0.2) is 9.98 Å². The Balaban J connectivity index is 0.00000392. The number of anilines is 1. The molecule has 0 saturated carbocycles. The highest BCUT2D eigenvalue weighted by Gasteiger charge is 2.07. The third-order valence-electron chi connectivity index (χ3n) is 3.95. The molecular weight excluding hydrogens is 469 g/mol. The van der Waals surface area contributed by atoms with Crippen LogP contribution in [-0.4, -0.2) is 45.8 Å². The fourth-order valence-corrected chi connectivity index (χ4v) is 2.64. The minimum atomic E-state index is 0. The predicted octanol–water partition coefficient (Wildman–Crippen LogP) is 3.04. The van der Waals surface area contributed by atoms with Crippen LogP contribution in [0.25, 0.3) is 0 Å². The van der Waals surface area contributed by atoms with Crippen molar-refractivity contribution in [3.05, 3.63) is 47.7 Å². The number of nitrogens with one attached hydrogen (secondary N) is 2. The molecule has 0 aliphatic heterocycles. The average molecular weight is 499 g/mol. The first kappa shape index (κ1) is 23.8. The van der Waals surface area contributed by atoms with Gasteiger partial charge in [0.05, 0.1) is 20.8 Å². The number of rotatable bonds is 8. The Labute approximate surface area is 184 Å². The van der Waals surface area contributed by atoms with Gasteiger partial charge in [-0.2, -0.15) is 0 Å². The van der Waals surface area contributed by atoms with Gasteiger partial charge in [0, 0.05) is 38.9 Å². The molecule has 0 unspecified atom stereocenters. The van der Waals surface area contributed by atoms with Crippen molar-refractivity contribution >= 4 is 35.8 Å². The maximum absolute atomic E-state index is 5.36. The van der Waals surface area contributed by atoms with E-state index in [9.17, 15) is 0 Å². The van der Waals surface area contributed by atoms with Crippen LogP contribution in [0.1, 0.15) is 18.1 Å². The van der Waals surface area contributed by atoms with Gasteiger partial charge in [-0.15, -0.1) is 24.0 Å². The zero-order valence-corrected chi connectivity index (χ0v) is 19.5. The number of pyridine rings is 1. The molecule has 1 aromatic heterocycles. The van der Waals surface area contributed by atoms with Crippen molar-refractivity contribution in [2.24, 2.45) is 4.99 Å². The van der Waals surface area contributed by atoms with Crippen molar-refractivity contribution in [2.45, 2.75) is 20.0 Å². The van der Waals surface area contributed by atoms with Crippen molar-refractivity contribution in [2.75, 3.05) is 39.8 Å². The Morgan fingerprint density at radius 1 is 1.11 bits per heavy atom. The van der Waals surface area contributed by atoms with Crippen LogP contribution in [0, 0.1) is 0 Å². The van der Waals surface area contributed by atoms with Gasteiger partial charge in [-0.05, 0) is 30.7 Å². The number of hydrogen-bond donors (Lipinski definition) is 2. The number of aromatic nitrogens is 1. The highest BCUT2D eigenvalue weighted by Crippen LogP contribution is 2.27. The fourth-order valence-electron chi connectivity index (χ4n) is 2.64. The molecule has 0 bridgehead atoms. The molecule has 0 aliphatic carbocycles. The fraction of sp³-hybridized carbons (Fsp3) is 0.400. The lowest BCUT2D eigenvalue weighted by molar-refractivity contribution is 0.354. The molecule has 1 heterocycles. The van der Waals surface area contributed by atoms with E-state index in [0.717, 1.165) is 29.4 Å². The molecule has 0 spiro atoms. The SMILES string of the molecule is CCNC(=NCc1ccc(OC)c(OC)c1)NCc1cccnc1N(C)C.I. The molecule has 2 rings (SSSR count). The van der Waals surface area contributed by atoms with E-state index in [2.05, 4.69) is 26.7 Å². The number of nitrogens with zero attached hydrogens (tertiary/aromatic N) is 3. The Kier molecular flexibility index (Phi) is 10.4. The van der Waals surface area contributed by atoms with Crippen LogP contribution in [0.15, 0.2) is 41.5 Å². The first-order valence-corrected chi connectivity index (χ1v) is 8.93. The average Bonchev–Trinajstić information content (AvgIpc) is 2.69. The summed E-state index contributed by atoms with van der Waals surface area (Å²) in [6.45, 7) is 4.00. The third kappa shape index (κ3) is 6.74. The van der Waals surface area contributed by atoms with Gasteiger partial charge < -0.3 is 25.0 Å². The number of guanidine groups is 1. The Bertz CT molecular complexity index is 768. The van der Waals surface area contributed by atoms with Gasteiger partial charge in [0.25, 0.3) is 0 Å². The molecule has 0 atom stereocenters. The van der Waals surface area contributed by atoms with Crippen molar-refractivity contribution in [1.29, 1.82) is 0 Å². The van der Waals surface area contributed by atoms with E-state index in [4.69, 9.17) is 9.47 Å². The number of aliphatic imine (C=N–C) groups is 1. The van der Waals surface area contributed by atoms with Crippen LogP contribution >= 0.6 is 24.0 Å². The lowest BCUT2D eigenvalue weighted by Gasteiger charge is -2.17. The monoisotopic (exact) mass is 499 g/mol. The minimum Gasteiger partial charge on any atom is -0.493 e. The van der Waals surface area contributed by atoms with Crippen LogP contribution in [0.4, 0.5) is 5.82 Å². The first-order valence-electron chi connectivity index (χ1n) is 8.93. The predicted molar refractivity (Wildman–Crippen MR) is 125 cm³/mol. The van der Waals surface area contributed by atoms with Crippen LogP contribution in [0.3, 0.4) is 0 Å². The standard InChI is InChI=1S/C20H29N5O2.HI/c1-6-21-20(24-14-16-8-7-11-22-19(16)25(2)3)23-13-15-9-10-17(26-4)18(12-15)27-5;/h7-12H,6,13-14H2,1-5H3,(H2,21,23,24);1H. The third-order valence-corrected chi connectivity index (χ3v) is 3.95. The normalized spacial score (nSPS) is 10.7. The van der Waals surface area contributed by atoms with Gasteiger partial charge in [0.15, 0.2) is 17.5 Å². The number of ether oxygens (including phenoxy) is 2. The van der Waals surface area contributed by atoms with Crippen molar-refractivity contribution in [3.8, 4) is 11.5 Å². The Hall–Kier alpha value is -2.23. The highest BCUT2D eigenvalue weighted by atomic mass is 127. The quantitative estimate of drug-likeness (QED) is 0.331. The van der Waals surface area contributed by atoms with E-state index >= 15 is 0 Å². The summed E-state index contributed by atoms with van der Waals surface area (Å²) in [6.07, 6.45) is 1.80. The largest absolute Gasteiger partial charge is 0.493 e. The number of benzene rings is 1. The van der Waals surface area contributed by atoms with Gasteiger partial charge in [-0.3, -0.25) is 0 Å². The Morgan fingerprint density at radius 3 is 2.50 bits per heavy atom. The van der Waals surface area contributed by atoms with Crippen LogP contribution in [0.5, 0.6) is 11.5 Å². The summed E-state index contributed by atoms with van der Waals surface area (Å²) in [5, 5.41) is 6.64. The van der Waals surface area contributed by atoms with Gasteiger partial charge >= 0.3 is 0 Å². The first-order chi connectivity index (χ1) is 13.1. The molecule has 7 nitrogen and oxygen atoms in total. The van der Waals surface area contributed by atoms with Gasteiger partial charge in [0.2, 0.25) is 0 Å². The molecule has 0 amide bonds. The molecule has 8 heteroatoms. The summed E-state index contributed by atoms with van der Waals surface area (Å²) < 4.78 is 10.6. The molecule has 0 radical (unpaired) electrons. The summed E-state index contributed by atoms with van der Waals surface area (Å²) in [4.78, 5) is 11.1. The van der Waals surface area contributed by atoms with E-state index < -0.39 is 0 Å². The van der Waals surface area contributed by atoms with Crippen LogP contribution in [0.2, 0.25) is 0 Å². The van der Waals surface area contributed by atoms with Crippen LogP contribution in [-0.2, 0) is 13.1 Å². The molecular formula is C20H30IN5O2. The summed E-state index contributed by atoms with van der Waals surface area (Å²) in [7, 11) is 7.24. The number of methoxy groups -OCH3 is 2. The van der Waals surface area contributed by atoms with E-state index in [0.29, 0.717) is 24.6 Å². The Morgan fingerprint density at radius 2 is 1.86 bits per heavy atom. The molecule has 2 aromatic rings. The number of halogens is 1. The lowest BCUT2D eigenvalue weighted by atomic mass is 10.2. The summed E-state index contributed by atoms with van der Waals surface area (Å²) in [5.74, 6) is 3.11. The maximum atomic E-state index is 5.36. The molecule has 154 valence electrons. The molecule has 28 heavy (non-hydrogen) atoms. The molecule has 2 N–H and O–H groups in total. The second-order valence-corrected chi connectivity index (χ2v) is 6.12. The lowest BCUT2D eigenvalue weighted by Crippen LogP contribution is -2.37. The maximum Gasteiger partial charge on any atom is 0.191 e. The summed E-state index contributed by atoms with van der Waals surface area (Å²) >= 11 is 0. The van der Waals surface area contributed by atoms with E-state index in [1.807, 2.05) is 50.2 Å². The second kappa shape index (κ2) is 12.3. The van der Waals surface area contributed by atoms with Crippen molar-refractivity contribution in [1.82, 2.24) is 15.6 Å². The summed E-state index contributed by atoms with van der Waals surface area (Å²) in [6, 6.07) is 9.82. The van der Waals surface area contributed by atoms with Crippen molar-refractivity contribution in [3.63, 3.8) is 0 Å². The molecule has 0 saturated heterocycles. The topological polar surface area (TPSA) is 71.0 Å². The van der Waals surface area contributed by atoms with Crippen molar-refractivity contribution < 1.29 is 9.47 Å².